The molecule has 0 aliphatic carbocycles. The first-order chi connectivity index (χ1) is 9.15. The van der Waals surface area contributed by atoms with Gasteiger partial charge in [0.15, 0.2) is 17.6 Å². The van der Waals surface area contributed by atoms with Crippen LogP contribution < -0.4 is 9.47 Å². The lowest BCUT2D eigenvalue weighted by molar-refractivity contribution is 0.0903. The van der Waals surface area contributed by atoms with Gasteiger partial charge in [0, 0.05) is 15.6 Å². The van der Waals surface area contributed by atoms with E-state index in [2.05, 4.69) is 15.9 Å². The largest absolute Gasteiger partial charge is 0.485 e. The number of ether oxygens (including phenoxy) is 2. The highest BCUT2D eigenvalue weighted by molar-refractivity contribution is 9.10. The van der Waals surface area contributed by atoms with Gasteiger partial charge in [0.1, 0.15) is 6.61 Å². The molecule has 0 saturated carbocycles. The van der Waals surface area contributed by atoms with Crippen molar-refractivity contribution in [2.75, 3.05) is 6.61 Å². The normalized spacial score (nSPS) is 17.3. The summed E-state index contributed by atoms with van der Waals surface area (Å²) in [5.41, 5.74) is 0.868. The molecule has 1 atom stereocenters. The van der Waals surface area contributed by atoms with Gasteiger partial charge in [0.05, 0.1) is 4.47 Å². The maximum Gasteiger partial charge on any atom is 0.176 e. The van der Waals surface area contributed by atoms with Gasteiger partial charge in [-0.3, -0.25) is 0 Å². The predicted molar refractivity (Wildman–Crippen MR) is 79.5 cm³/mol. The molecule has 0 bridgehead atoms. The fourth-order valence-electron chi connectivity index (χ4n) is 1.97. The Bertz CT molecular complexity index is 631. The maximum absolute atomic E-state index is 6.20. The lowest BCUT2D eigenvalue weighted by Crippen LogP contribution is -2.22. The highest BCUT2D eigenvalue weighted by atomic mass is 79.9. The van der Waals surface area contributed by atoms with Crippen LogP contribution in [0.1, 0.15) is 11.7 Å². The molecule has 2 aromatic rings. The van der Waals surface area contributed by atoms with Gasteiger partial charge >= 0.3 is 0 Å². The quantitative estimate of drug-likeness (QED) is 0.690. The van der Waals surface area contributed by atoms with Gasteiger partial charge in [-0.2, -0.15) is 0 Å². The van der Waals surface area contributed by atoms with Crippen LogP contribution in [0.25, 0.3) is 0 Å². The molecule has 0 aromatic heterocycles. The van der Waals surface area contributed by atoms with Crippen LogP contribution in [0.5, 0.6) is 11.5 Å². The van der Waals surface area contributed by atoms with E-state index in [1.165, 1.54) is 0 Å². The Morgan fingerprint density at radius 3 is 2.79 bits per heavy atom. The van der Waals surface area contributed by atoms with E-state index in [-0.39, 0.29) is 6.10 Å². The smallest absolute Gasteiger partial charge is 0.176 e. The van der Waals surface area contributed by atoms with Crippen LogP contribution in [0.4, 0.5) is 0 Å². The Kier molecular flexibility index (Phi) is 3.61. The lowest BCUT2D eigenvalue weighted by Gasteiger charge is -2.28. The van der Waals surface area contributed by atoms with Crippen LogP contribution in [0.2, 0.25) is 10.0 Å². The molecular weight excluding hydrogens is 351 g/mol. The summed E-state index contributed by atoms with van der Waals surface area (Å²) < 4.78 is 12.5. The van der Waals surface area contributed by atoms with Crippen LogP contribution in [-0.4, -0.2) is 6.61 Å². The summed E-state index contributed by atoms with van der Waals surface area (Å²) >= 11 is 15.5. The summed E-state index contributed by atoms with van der Waals surface area (Å²) in [6, 6.07) is 11.1. The average molecular weight is 360 g/mol. The van der Waals surface area contributed by atoms with Crippen molar-refractivity contribution in [3.05, 3.63) is 56.5 Å². The molecule has 1 unspecified atom stereocenters. The zero-order chi connectivity index (χ0) is 13.4. The van der Waals surface area contributed by atoms with Crippen LogP contribution in [-0.2, 0) is 0 Å². The van der Waals surface area contributed by atoms with Crippen molar-refractivity contribution in [3.8, 4) is 11.5 Å². The summed E-state index contributed by atoms with van der Waals surface area (Å²) in [6.45, 7) is 0.421. The zero-order valence-corrected chi connectivity index (χ0v) is 12.8. The van der Waals surface area contributed by atoms with E-state index in [0.717, 1.165) is 15.8 Å². The van der Waals surface area contributed by atoms with Crippen molar-refractivity contribution in [2.45, 2.75) is 6.10 Å². The monoisotopic (exact) mass is 358 g/mol. The standard InChI is InChI=1S/C14H9BrCl2O2/c15-10-2-1-3-12-14(10)19-13(7-18-12)9-5-4-8(16)6-11(9)17/h1-6,13H,7H2. The third kappa shape index (κ3) is 2.55. The fourth-order valence-corrected chi connectivity index (χ4v) is 2.95. The average Bonchev–Trinajstić information content (AvgIpc) is 2.39. The van der Waals surface area contributed by atoms with Gasteiger partial charge in [-0.1, -0.05) is 35.3 Å². The van der Waals surface area contributed by atoms with Crippen LogP contribution in [0.15, 0.2) is 40.9 Å². The molecule has 2 nitrogen and oxygen atoms in total. The fraction of sp³-hybridized carbons (Fsp3) is 0.143. The van der Waals surface area contributed by atoms with Gasteiger partial charge in [0.25, 0.3) is 0 Å². The second kappa shape index (κ2) is 5.23. The molecule has 0 spiro atoms. The molecule has 1 aliphatic rings. The number of hydrogen-bond donors (Lipinski definition) is 0. The number of halogens is 3. The first-order valence-electron chi connectivity index (χ1n) is 5.68. The first-order valence-corrected chi connectivity index (χ1v) is 7.23. The zero-order valence-electron chi connectivity index (χ0n) is 9.70. The van der Waals surface area contributed by atoms with Gasteiger partial charge in [-0.25, -0.2) is 0 Å². The highest BCUT2D eigenvalue weighted by Gasteiger charge is 2.25. The SMILES string of the molecule is Clc1ccc(C2COc3cccc(Br)c3O2)c(Cl)c1. The van der Waals surface area contributed by atoms with Crippen molar-refractivity contribution in [3.63, 3.8) is 0 Å². The number of hydrogen-bond acceptors (Lipinski definition) is 2. The molecule has 0 saturated heterocycles. The molecule has 1 heterocycles. The minimum Gasteiger partial charge on any atom is -0.485 e. The molecule has 0 fully saturated rings. The first kappa shape index (κ1) is 13.1. The second-order valence-corrected chi connectivity index (χ2v) is 5.85. The number of fused-ring (bicyclic) bond motifs is 1. The summed E-state index contributed by atoms with van der Waals surface area (Å²) in [7, 11) is 0. The molecular formula is C14H9BrCl2O2. The van der Waals surface area contributed by atoms with Gasteiger partial charge < -0.3 is 9.47 Å². The number of para-hydroxylation sites is 1. The van der Waals surface area contributed by atoms with Crippen molar-refractivity contribution in [2.24, 2.45) is 0 Å². The van der Waals surface area contributed by atoms with E-state index >= 15 is 0 Å². The third-order valence-electron chi connectivity index (χ3n) is 2.89. The van der Waals surface area contributed by atoms with E-state index in [9.17, 15) is 0 Å². The molecule has 2 aromatic carbocycles. The molecule has 19 heavy (non-hydrogen) atoms. The highest BCUT2D eigenvalue weighted by Crippen LogP contribution is 2.42. The van der Waals surface area contributed by atoms with Crippen molar-refractivity contribution < 1.29 is 9.47 Å². The molecule has 5 heteroatoms. The van der Waals surface area contributed by atoms with Gasteiger partial charge in [-0.15, -0.1) is 0 Å². The Morgan fingerprint density at radius 1 is 1.16 bits per heavy atom. The van der Waals surface area contributed by atoms with Crippen LogP contribution in [0, 0.1) is 0 Å². The summed E-state index contributed by atoms with van der Waals surface area (Å²) in [5, 5.41) is 1.18. The van der Waals surface area contributed by atoms with Crippen molar-refractivity contribution in [1.29, 1.82) is 0 Å². The van der Waals surface area contributed by atoms with E-state index in [1.54, 1.807) is 12.1 Å². The Morgan fingerprint density at radius 2 is 2.00 bits per heavy atom. The minimum atomic E-state index is -0.240. The predicted octanol–water partition coefficient (Wildman–Crippen LogP) is 5.27. The number of rotatable bonds is 1. The molecule has 0 radical (unpaired) electrons. The van der Waals surface area contributed by atoms with E-state index in [0.29, 0.717) is 22.4 Å². The Balaban J connectivity index is 1.95. The second-order valence-electron chi connectivity index (χ2n) is 4.15. The molecule has 0 amide bonds. The third-order valence-corrected chi connectivity index (χ3v) is 4.08. The number of benzene rings is 2. The maximum atomic E-state index is 6.20. The Labute approximate surface area is 129 Å². The van der Waals surface area contributed by atoms with Crippen LogP contribution in [0.3, 0.4) is 0 Å². The summed E-state index contributed by atoms with van der Waals surface area (Å²) in [6.07, 6.45) is -0.240. The molecule has 98 valence electrons. The van der Waals surface area contributed by atoms with Gasteiger partial charge in [0.2, 0.25) is 0 Å². The summed E-state index contributed by atoms with van der Waals surface area (Å²) in [4.78, 5) is 0. The molecule has 0 N–H and O–H groups in total. The van der Waals surface area contributed by atoms with E-state index < -0.39 is 0 Å². The Hall–Kier alpha value is -0.900. The molecule has 3 rings (SSSR count). The topological polar surface area (TPSA) is 18.5 Å². The van der Waals surface area contributed by atoms with Crippen molar-refractivity contribution >= 4 is 39.1 Å². The molecule has 1 aliphatic heterocycles. The van der Waals surface area contributed by atoms with Crippen LogP contribution >= 0.6 is 39.1 Å². The van der Waals surface area contributed by atoms with E-state index in [4.69, 9.17) is 32.7 Å². The van der Waals surface area contributed by atoms with E-state index in [1.807, 2.05) is 24.3 Å². The van der Waals surface area contributed by atoms with Crippen molar-refractivity contribution in [1.82, 2.24) is 0 Å². The van der Waals surface area contributed by atoms with Gasteiger partial charge in [-0.05, 0) is 40.2 Å². The minimum absolute atomic E-state index is 0.240. The summed E-state index contributed by atoms with van der Waals surface area (Å²) in [5.74, 6) is 1.43. The lowest BCUT2D eigenvalue weighted by atomic mass is 10.1.